The van der Waals surface area contributed by atoms with E-state index in [1.165, 1.54) is 19.4 Å². The number of piperidine rings is 1. The summed E-state index contributed by atoms with van der Waals surface area (Å²) in [7, 11) is 0. The molecule has 0 radical (unpaired) electrons. The first-order valence-electron chi connectivity index (χ1n) is 6.33. The Morgan fingerprint density at radius 3 is 2.00 bits per heavy atom. The smallest absolute Gasteiger partial charge is 0.0173 e. The maximum Gasteiger partial charge on any atom is 0.0173 e. The molecule has 2 nitrogen and oxygen atoms in total. The lowest BCUT2D eigenvalue weighted by Crippen LogP contribution is -2.63. The molecule has 90 valence electrons. The van der Waals surface area contributed by atoms with Gasteiger partial charge in [-0.1, -0.05) is 13.3 Å². The lowest BCUT2D eigenvalue weighted by atomic mass is 9.77. The third-order valence-electron chi connectivity index (χ3n) is 3.72. The maximum absolute atomic E-state index is 6.15. The molecule has 1 fully saturated rings. The number of nitrogens with zero attached hydrogens (tertiary/aromatic N) is 1. The van der Waals surface area contributed by atoms with Gasteiger partial charge in [0.2, 0.25) is 0 Å². The SMILES string of the molecule is CCCCN1C(C)(C)CC(N)CC1(C)C. The van der Waals surface area contributed by atoms with E-state index >= 15 is 0 Å². The van der Waals surface area contributed by atoms with Crippen LogP contribution in [0.2, 0.25) is 0 Å². The quantitative estimate of drug-likeness (QED) is 0.779. The molecule has 0 atom stereocenters. The number of unbranched alkanes of at least 4 members (excludes halogenated alkanes) is 1. The number of rotatable bonds is 3. The third kappa shape index (κ3) is 2.94. The molecule has 0 aromatic carbocycles. The van der Waals surface area contributed by atoms with Gasteiger partial charge in [-0.3, -0.25) is 4.90 Å². The van der Waals surface area contributed by atoms with Gasteiger partial charge in [-0.2, -0.15) is 0 Å². The van der Waals surface area contributed by atoms with Crippen LogP contribution in [0.5, 0.6) is 0 Å². The molecule has 0 spiro atoms. The Hall–Kier alpha value is -0.0800. The second-order valence-electron chi connectivity index (χ2n) is 6.30. The molecule has 0 saturated carbocycles. The van der Waals surface area contributed by atoms with Crippen molar-refractivity contribution in [3.8, 4) is 0 Å². The van der Waals surface area contributed by atoms with Crippen molar-refractivity contribution in [2.45, 2.75) is 77.4 Å². The Morgan fingerprint density at radius 1 is 1.13 bits per heavy atom. The molecular formula is C13H28N2. The van der Waals surface area contributed by atoms with E-state index in [0.29, 0.717) is 6.04 Å². The second-order valence-corrected chi connectivity index (χ2v) is 6.30. The summed E-state index contributed by atoms with van der Waals surface area (Å²) in [6.45, 7) is 12.8. The van der Waals surface area contributed by atoms with Gasteiger partial charge in [0.05, 0.1) is 0 Å². The standard InChI is InChI=1S/C13H28N2/c1-6-7-8-15-12(2,3)9-11(14)10-13(15,4)5/h11H,6-10,14H2,1-5H3. The first-order valence-corrected chi connectivity index (χ1v) is 6.33. The van der Waals surface area contributed by atoms with Crippen LogP contribution in [0.1, 0.15) is 60.3 Å². The molecule has 0 amide bonds. The highest BCUT2D eigenvalue weighted by Gasteiger charge is 2.43. The Kier molecular flexibility index (Phi) is 3.83. The third-order valence-corrected chi connectivity index (χ3v) is 3.72. The van der Waals surface area contributed by atoms with E-state index in [0.717, 1.165) is 12.8 Å². The van der Waals surface area contributed by atoms with Crippen molar-refractivity contribution in [1.29, 1.82) is 0 Å². The van der Waals surface area contributed by atoms with Crippen molar-refractivity contribution in [2.75, 3.05) is 6.54 Å². The van der Waals surface area contributed by atoms with Gasteiger partial charge in [-0.15, -0.1) is 0 Å². The van der Waals surface area contributed by atoms with Crippen LogP contribution in [0.25, 0.3) is 0 Å². The first-order chi connectivity index (χ1) is 6.79. The van der Waals surface area contributed by atoms with Crippen molar-refractivity contribution in [2.24, 2.45) is 5.73 Å². The fraction of sp³-hybridized carbons (Fsp3) is 1.00. The molecule has 0 aromatic rings. The van der Waals surface area contributed by atoms with E-state index in [9.17, 15) is 0 Å². The molecule has 0 aromatic heterocycles. The van der Waals surface area contributed by atoms with E-state index < -0.39 is 0 Å². The summed E-state index contributed by atoms with van der Waals surface area (Å²) in [5.41, 5.74) is 6.67. The molecule has 0 unspecified atom stereocenters. The van der Waals surface area contributed by atoms with Crippen LogP contribution in [0.4, 0.5) is 0 Å². The van der Waals surface area contributed by atoms with Crippen LogP contribution < -0.4 is 5.73 Å². The van der Waals surface area contributed by atoms with Gasteiger partial charge in [0.25, 0.3) is 0 Å². The van der Waals surface area contributed by atoms with Crippen molar-refractivity contribution >= 4 is 0 Å². The summed E-state index contributed by atoms with van der Waals surface area (Å²) < 4.78 is 0. The zero-order valence-electron chi connectivity index (χ0n) is 11.1. The first kappa shape index (κ1) is 13.0. The molecule has 15 heavy (non-hydrogen) atoms. The highest BCUT2D eigenvalue weighted by Crippen LogP contribution is 2.37. The average molecular weight is 212 g/mol. The Morgan fingerprint density at radius 2 is 1.60 bits per heavy atom. The largest absolute Gasteiger partial charge is 0.328 e. The minimum Gasteiger partial charge on any atom is -0.328 e. The van der Waals surface area contributed by atoms with E-state index in [2.05, 4.69) is 39.5 Å². The molecular weight excluding hydrogens is 184 g/mol. The number of hydrogen-bond donors (Lipinski definition) is 1. The molecule has 2 heteroatoms. The van der Waals surface area contributed by atoms with E-state index in [1.54, 1.807) is 0 Å². The Bertz CT molecular complexity index is 191. The number of nitrogens with two attached hydrogens (primary N) is 1. The average Bonchev–Trinajstić information content (AvgIpc) is 1.98. The predicted molar refractivity (Wildman–Crippen MR) is 67.0 cm³/mol. The Balaban J connectivity index is 2.77. The molecule has 0 aliphatic carbocycles. The highest BCUT2D eigenvalue weighted by atomic mass is 15.3. The van der Waals surface area contributed by atoms with Crippen molar-refractivity contribution in [3.05, 3.63) is 0 Å². The molecule has 2 N–H and O–H groups in total. The van der Waals surface area contributed by atoms with Crippen LogP contribution >= 0.6 is 0 Å². The molecule has 1 rings (SSSR count). The van der Waals surface area contributed by atoms with Gasteiger partial charge >= 0.3 is 0 Å². The topological polar surface area (TPSA) is 29.3 Å². The van der Waals surface area contributed by atoms with Crippen molar-refractivity contribution in [3.63, 3.8) is 0 Å². The van der Waals surface area contributed by atoms with Crippen LogP contribution in [0.15, 0.2) is 0 Å². The lowest BCUT2D eigenvalue weighted by Gasteiger charge is -2.55. The summed E-state index contributed by atoms with van der Waals surface area (Å²) in [5.74, 6) is 0. The summed E-state index contributed by atoms with van der Waals surface area (Å²) in [6.07, 6.45) is 4.82. The van der Waals surface area contributed by atoms with Crippen LogP contribution in [0, 0.1) is 0 Å². The lowest BCUT2D eigenvalue weighted by molar-refractivity contribution is -0.0352. The molecule has 1 saturated heterocycles. The fourth-order valence-electron chi connectivity index (χ4n) is 3.32. The van der Waals surface area contributed by atoms with Gasteiger partial charge in [0.1, 0.15) is 0 Å². The van der Waals surface area contributed by atoms with E-state index in [1.807, 2.05) is 0 Å². The van der Waals surface area contributed by atoms with Crippen molar-refractivity contribution in [1.82, 2.24) is 4.90 Å². The monoisotopic (exact) mass is 212 g/mol. The minimum atomic E-state index is 0.260. The van der Waals surface area contributed by atoms with Crippen LogP contribution in [0.3, 0.4) is 0 Å². The summed E-state index contributed by atoms with van der Waals surface area (Å²) >= 11 is 0. The zero-order valence-corrected chi connectivity index (χ0v) is 11.1. The summed E-state index contributed by atoms with van der Waals surface area (Å²) in [5, 5.41) is 0. The summed E-state index contributed by atoms with van der Waals surface area (Å²) in [6, 6.07) is 0.368. The fourth-order valence-corrected chi connectivity index (χ4v) is 3.32. The molecule has 1 aliphatic heterocycles. The van der Waals surface area contributed by atoms with E-state index in [-0.39, 0.29) is 11.1 Å². The van der Waals surface area contributed by atoms with Gasteiger partial charge in [-0.05, 0) is 53.5 Å². The normalized spacial score (nSPS) is 26.8. The van der Waals surface area contributed by atoms with Gasteiger partial charge < -0.3 is 5.73 Å². The van der Waals surface area contributed by atoms with Gasteiger partial charge in [0, 0.05) is 17.1 Å². The Labute approximate surface area is 95.2 Å². The zero-order chi connectivity index (χ0) is 11.7. The van der Waals surface area contributed by atoms with Crippen molar-refractivity contribution < 1.29 is 0 Å². The maximum atomic E-state index is 6.15. The molecule has 0 bridgehead atoms. The minimum absolute atomic E-state index is 0.260. The molecule has 1 heterocycles. The predicted octanol–water partition coefficient (Wildman–Crippen LogP) is 2.77. The second kappa shape index (κ2) is 4.42. The summed E-state index contributed by atoms with van der Waals surface area (Å²) in [4.78, 5) is 2.66. The van der Waals surface area contributed by atoms with Crippen LogP contribution in [-0.4, -0.2) is 28.6 Å². The molecule has 1 aliphatic rings. The number of likely N-dealkylation sites (tertiary alicyclic amines) is 1. The highest BCUT2D eigenvalue weighted by molar-refractivity contribution is 5.01. The van der Waals surface area contributed by atoms with Gasteiger partial charge in [0.15, 0.2) is 0 Å². The van der Waals surface area contributed by atoms with Crippen LogP contribution in [-0.2, 0) is 0 Å². The number of hydrogen-bond acceptors (Lipinski definition) is 2. The van der Waals surface area contributed by atoms with Gasteiger partial charge in [-0.25, -0.2) is 0 Å². The van der Waals surface area contributed by atoms with E-state index in [4.69, 9.17) is 5.73 Å².